The third-order valence-corrected chi connectivity index (χ3v) is 4.23. The van der Waals surface area contributed by atoms with Crippen molar-refractivity contribution in [3.63, 3.8) is 0 Å². The van der Waals surface area contributed by atoms with Crippen LogP contribution >= 0.6 is 15.9 Å². The first-order valence-corrected chi connectivity index (χ1v) is 8.82. The molecule has 2 heterocycles. The van der Waals surface area contributed by atoms with Crippen LogP contribution in [0.1, 0.15) is 18.1 Å². The molecule has 0 unspecified atom stereocenters. The summed E-state index contributed by atoms with van der Waals surface area (Å²) < 4.78 is 17.7. The van der Waals surface area contributed by atoms with Crippen LogP contribution in [0.2, 0.25) is 0 Å². The molecule has 0 fully saturated rings. The molecule has 2 aromatic heterocycles. The Bertz CT molecular complexity index is 947. The van der Waals surface area contributed by atoms with Gasteiger partial charge in [0.2, 0.25) is 5.91 Å². The first-order valence-electron chi connectivity index (χ1n) is 8.03. The fraction of sp³-hybridized carbons (Fsp3) is 0.167. The van der Waals surface area contributed by atoms with Gasteiger partial charge in [-0.3, -0.25) is 14.2 Å². The Morgan fingerprint density at radius 1 is 1.31 bits per heavy atom. The minimum atomic E-state index is -0.314. The highest BCUT2D eigenvalue weighted by Gasteiger charge is 2.10. The smallest absolute Gasteiger partial charge is 0.249 e. The van der Waals surface area contributed by atoms with Gasteiger partial charge in [-0.05, 0) is 35.0 Å². The van der Waals surface area contributed by atoms with Gasteiger partial charge in [-0.1, -0.05) is 18.2 Å². The lowest BCUT2D eigenvalue weighted by molar-refractivity contribution is -0.111. The summed E-state index contributed by atoms with van der Waals surface area (Å²) in [5.74, 6) is -0.230. The van der Waals surface area contributed by atoms with Crippen LogP contribution in [0, 0.1) is 5.82 Å². The summed E-state index contributed by atoms with van der Waals surface area (Å²) in [6.07, 6.45) is 8.32. The largest absolute Gasteiger partial charge is 0.305 e. The third kappa shape index (κ3) is 4.45. The first-order chi connectivity index (χ1) is 12.5. The van der Waals surface area contributed by atoms with Crippen LogP contribution in [-0.2, 0) is 17.9 Å². The summed E-state index contributed by atoms with van der Waals surface area (Å²) in [6, 6.07) is 6.51. The summed E-state index contributed by atoms with van der Waals surface area (Å²) in [7, 11) is 0. The van der Waals surface area contributed by atoms with E-state index in [1.807, 2.05) is 13.1 Å². The molecule has 1 aromatic carbocycles. The first kappa shape index (κ1) is 18.1. The maximum atomic E-state index is 13.7. The molecule has 0 aliphatic carbocycles. The van der Waals surface area contributed by atoms with Crippen molar-refractivity contribution in [1.82, 2.24) is 19.6 Å². The van der Waals surface area contributed by atoms with Gasteiger partial charge in [0.05, 0.1) is 17.2 Å². The van der Waals surface area contributed by atoms with E-state index in [-0.39, 0.29) is 18.3 Å². The highest BCUT2D eigenvalue weighted by atomic mass is 79.9. The van der Waals surface area contributed by atoms with E-state index in [0.29, 0.717) is 15.9 Å². The van der Waals surface area contributed by atoms with Crippen molar-refractivity contribution < 1.29 is 9.18 Å². The number of carbonyl (C=O) groups excluding carboxylic acids is 1. The molecule has 0 spiro atoms. The Labute approximate surface area is 158 Å². The monoisotopic (exact) mass is 417 g/mol. The number of nitrogens with one attached hydrogen (secondary N) is 1. The quantitative estimate of drug-likeness (QED) is 0.621. The lowest BCUT2D eigenvalue weighted by Gasteiger charge is -2.03. The van der Waals surface area contributed by atoms with Gasteiger partial charge in [0, 0.05) is 36.1 Å². The van der Waals surface area contributed by atoms with Crippen molar-refractivity contribution in [1.29, 1.82) is 0 Å². The fourth-order valence-electron chi connectivity index (χ4n) is 2.33. The molecular weight excluding hydrogens is 401 g/mol. The van der Waals surface area contributed by atoms with E-state index in [1.54, 1.807) is 46.0 Å². The molecule has 3 rings (SSSR count). The Morgan fingerprint density at radius 3 is 2.85 bits per heavy atom. The minimum Gasteiger partial charge on any atom is -0.305 e. The number of anilines is 1. The molecular formula is C18H17BrFN5O. The highest BCUT2D eigenvalue weighted by Crippen LogP contribution is 2.21. The van der Waals surface area contributed by atoms with Gasteiger partial charge in [0.25, 0.3) is 0 Å². The number of aromatic nitrogens is 4. The second kappa shape index (κ2) is 8.09. The van der Waals surface area contributed by atoms with E-state index in [4.69, 9.17) is 0 Å². The zero-order valence-electron chi connectivity index (χ0n) is 14.1. The van der Waals surface area contributed by atoms with E-state index >= 15 is 0 Å². The second-order valence-corrected chi connectivity index (χ2v) is 6.42. The molecule has 6 nitrogen and oxygen atoms in total. The number of hydrogen-bond donors (Lipinski definition) is 1. The zero-order chi connectivity index (χ0) is 18.5. The van der Waals surface area contributed by atoms with Crippen LogP contribution in [0.3, 0.4) is 0 Å². The van der Waals surface area contributed by atoms with Crippen LogP contribution in [0.5, 0.6) is 0 Å². The maximum Gasteiger partial charge on any atom is 0.249 e. The lowest BCUT2D eigenvalue weighted by Crippen LogP contribution is -2.10. The SMILES string of the molecule is CCn1cc(/C=C/C(=O)Nc2nn(Cc3ccccc3F)cc2Br)cn1. The van der Waals surface area contributed by atoms with Crippen LogP contribution < -0.4 is 5.32 Å². The lowest BCUT2D eigenvalue weighted by atomic mass is 10.2. The number of benzene rings is 1. The van der Waals surface area contributed by atoms with Gasteiger partial charge in [-0.25, -0.2) is 4.39 Å². The topological polar surface area (TPSA) is 64.7 Å². The number of hydrogen-bond acceptors (Lipinski definition) is 3. The predicted octanol–water partition coefficient (Wildman–Crippen LogP) is 3.70. The predicted molar refractivity (Wildman–Crippen MR) is 101 cm³/mol. The number of aryl methyl sites for hydroxylation is 1. The molecule has 1 amide bonds. The number of amides is 1. The van der Waals surface area contributed by atoms with E-state index in [2.05, 4.69) is 31.4 Å². The molecule has 0 saturated heterocycles. The molecule has 134 valence electrons. The maximum absolute atomic E-state index is 13.7. The van der Waals surface area contributed by atoms with E-state index < -0.39 is 0 Å². The summed E-state index contributed by atoms with van der Waals surface area (Å²) in [5.41, 5.74) is 1.36. The van der Waals surface area contributed by atoms with E-state index in [0.717, 1.165) is 12.1 Å². The van der Waals surface area contributed by atoms with Gasteiger partial charge in [-0.2, -0.15) is 10.2 Å². The van der Waals surface area contributed by atoms with Crippen molar-refractivity contribution in [2.24, 2.45) is 0 Å². The molecule has 0 aliphatic heterocycles. The molecule has 8 heteroatoms. The number of rotatable bonds is 6. The molecule has 3 aromatic rings. The van der Waals surface area contributed by atoms with E-state index in [1.165, 1.54) is 12.1 Å². The van der Waals surface area contributed by atoms with Crippen molar-refractivity contribution in [2.45, 2.75) is 20.0 Å². The van der Waals surface area contributed by atoms with Gasteiger partial charge < -0.3 is 5.32 Å². The summed E-state index contributed by atoms with van der Waals surface area (Å²) in [4.78, 5) is 12.1. The molecule has 0 atom stereocenters. The molecule has 0 aliphatic rings. The Kier molecular flexibility index (Phi) is 5.62. The molecule has 1 N–H and O–H groups in total. The van der Waals surface area contributed by atoms with Crippen LogP contribution in [0.4, 0.5) is 10.2 Å². The van der Waals surface area contributed by atoms with Gasteiger partial charge in [-0.15, -0.1) is 0 Å². The van der Waals surface area contributed by atoms with Crippen molar-refractivity contribution in [3.05, 3.63) is 70.3 Å². The summed E-state index contributed by atoms with van der Waals surface area (Å²) in [6.45, 7) is 3.03. The third-order valence-electron chi connectivity index (χ3n) is 3.65. The van der Waals surface area contributed by atoms with Crippen molar-refractivity contribution in [3.8, 4) is 0 Å². The van der Waals surface area contributed by atoms with Crippen LogP contribution in [0.15, 0.2) is 53.4 Å². The molecule has 0 radical (unpaired) electrons. The summed E-state index contributed by atoms with van der Waals surface area (Å²) in [5, 5.41) is 11.1. The fourth-order valence-corrected chi connectivity index (χ4v) is 2.75. The molecule has 0 bridgehead atoms. The average molecular weight is 418 g/mol. The standard InChI is InChI=1S/C18H17BrFN5O/c1-2-24-10-13(9-21-24)7-8-17(26)22-18-15(19)12-25(23-18)11-14-5-3-4-6-16(14)20/h3-10,12H,2,11H2,1H3,(H,22,23,26)/b8-7+. The Hall–Kier alpha value is -2.74. The van der Waals surface area contributed by atoms with Gasteiger partial charge in [0.15, 0.2) is 5.82 Å². The van der Waals surface area contributed by atoms with E-state index in [9.17, 15) is 9.18 Å². The number of halogens is 2. The number of nitrogens with zero attached hydrogens (tertiary/aromatic N) is 4. The Balaban J connectivity index is 1.65. The minimum absolute atomic E-state index is 0.271. The number of carbonyl (C=O) groups is 1. The zero-order valence-corrected chi connectivity index (χ0v) is 15.6. The Morgan fingerprint density at radius 2 is 2.12 bits per heavy atom. The van der Waals surface area contributed by atoms with Crippen molar-refractivity contribution >= 4 is 33.7 Å². The highest BCUT2D eigenvalue weighted by molar-refractivity contribution is 9.10. The van der Waals surface area contributed by atoms with Crippen LogP contribution in [-0.4, -0.2) is 25.5 Å². The van der Waals surface area contributed by atoms with Crippen LogP contribution in [0.25, 0.3) is 6.08 Å². The molecule has 26 heavy (non-hydrogen) atoms. The van der Waals surface area contributed by atoms with Gasteiger partial charge in [0.1, 0.15) is 5.82 Å². The van der Waals surface area contributed by atoms with Gasteiger partial charge >= 0.3 is 0 Å². The van der Waals surface area contributed by atoms with Crippen molar-refractivity contribution in [2.75, 3.05) is 5.32 Å². The average Bonchev–Trinajstić information content (AvgIpc) is 3.22. The summed E-state index contributed by atoms with van der Waals surface area (Å²) >= 11 is 3.36. The normalized spacial score (nSPS) is 11.2. The molecule has 0 saturated carbocycles. The second-order valence-electron chi connectivity index (χ2n) is 5.57.